The van der Waals surface area contributed by atoms with E-state index < -0.39 is 0 Å². The van der Waals surface area contributed by atoms with E-state index in [0.29, 0.717) is 6.54 Å². The van der Waals surface area contributed by atoms with Gasteiger partial charge >= 0.3 is 0 Å². The number of nitrogens with zero attached hydrogens (tertiary/aromatic N) is 2. The molecule has 1 saturated heterocycles. The Morgan fingerprint density at radius 1 is 1.48 bits per heavy atom. The molecule has 0 saturated carbocycles. The van der Waals surface area contributed by atoms with Gasteiger partial charge in [-0.15, -0.1) is 0 Å². The molecule has 1 N–H and O–H groups in total. The lowest BCUT2D eigenvalue weighted by molar-refractivity contribution is -0.127. The molecule has 0 bridgehead atoms. The van der Waals surface area contributed by atoms with Gasteiger partial charge in [0.15, 0.2) is 0 Å². The fraction of sp³-hybridized carbons (Fsp3) is 0.529. The van der Waals surface area contributed by atoms with Crippen molar-refractivity contribution in [1.29, 1.82) is 0 Å². The molecule has 3 heterocycles. The normalized spacial score (nSPS) is 19.0. The Bertz CT molecular complexity index is 629. The molecule has 1 atom stereocenters. The Balaban J connectivity index is 1.52. The van der Waals surface area contributed by atoms with Crippen molar-refractivity contribution >= 4 is 5.91 Å². The predicted octanol–water partition coefficient (Wildman–Crippen LogP) is 2.41. The molecular weight excluding hydrogens is 294 g/mol. The molecule has 124 valence electrons. The zero-order chi connectivity index (χ0) is 16.2. The van der Waals surface area contributed by atoms with Crippen LogP contribution in [-0.4, -0.2) is 29.1 Å². The molecule has 0 spiro atoms. The maximum absolute atomic E-state index is 12.5. The van der Waals surface area contributed by atoms with Crippen LogP contribution in [0.2, 0.25) is 0 Å². The van der Waals surface area contributed by atoms with E-state index in [1.165, 1.54) is 0 Å². The number of furan rings is 1. The number of likely N-dealkylation sites (tertiary alicyclic amines) is 1. The molecule has 1 fully saturated rings. The molecule has 1 amide bonds. The van der Waals surface area contributed by atoms with Gasteiger partial charge in [0.1, 0.15) is 11.5 Å². The van der Waals surface area contributed by atoms with Crippen LogP contribution in [0, 0.1) is 19.8 Å². The zero-order valence-corrected chi connectivity index (χ0v) is 13.7. The molecule has 23 heavy (non-hydrogen) atoms. The average molecular weight is 317 g/mol. The number of aryl methyl sites for hydroxylation is 2. The average Bonchev–Trinajstić information content (AvgIpc) is 3.16. The molecule has 0 aliphatic carbocycles. The van der Waals surface area contributed by atoms with Gasteiger partial charge in [0, 0.05) is 18.7 Å². The van der Waals surface area contributed by atoms with Crippen molar-refractivity contribution in [3.8, 4) is 0 Å². The third kappa shape index (κ3) is 3.82. The predicted molar refractivity (Wildman–Crippen MR) is 84.5 cm³/mol. The third-order valence-electron chi connectivity index (χ3n) is 4.46. The summed E-state index contributed by atoms with van der Waals surface area (Å²) in [6.45, 7) is 6.79. The van der Waals surface area contributed by atoms with E-state index >= 15 is 0 Å². The maximum Gasteiger partial charge on any atom is 0.224 e. The molecule has 2 aromatic rings. The summed E-state index contributed by atoms with van der Waals surface area (Å²) in [5.74, 6) is 1.85. The number of carbonyl (C=O) groups is 1. The van der Waals surface area contributed by atoms with Crippen LogP contribution in [0.5, 0.6) is 0 Å². The van der Waals surface area contributed by atoms with E-state index in [1.54, 1.807) is 6.26 Å². The number of hydrogen-bond donors (Lipinski definition) is 1. The molecule has 1 aliphatic heterocycles. The van der Waals surface area contributed by atoms with Crippen LogP contribution in [0.15, 0.2) is 27.3 Å². The van der Waals surface area contributed by atoms with Crippen LogP contribution in [0.1, 0.15) is 35.6 Å². The summed E-state index contributed by atoms with van der Waals surface area (Å²) in [6.07, 6.45) is 3.65. The number of nitrogens with one attached hydrogen (secondary N) is 1. The highest BCUT2D eigenvalue weighted by Gasteiger charge is 2.26. The number of hydrogen-bond acceptors (Lipinski definition) is 5. The number of rotatable bonds is 5. The first kappa shape index (κ1) is 15.8. The smallest absolute Gasteiger partial charge is 0.224 e. The molecule has 0 radical (unpaired) electrons. The molecule has 6 nitrogen and oxygen atoms in total. The minimum atomic E-state index is 0.0270. The maximum atomic E-state index is 12.5. The lowest BCUT2D eigenvalue weighted by Crippen LogP contribution is -2.42. The van der Waals surface area contributed by atoms with E-state index in [1.807, 2.05) is 26.0 Å². The Hall–Kier alpha value is -2.08. The monoisotopic (exact) mass is 317 g/mol. The van der Waals surface area contributed by atoms with E-state index in [2.05, 4.69) is 15.4 Å². The summed E-state index contributed by atoms with van der Waals surface area (Å²) in [6, 6.07) is 3.87. The summed E-state index contributed by atoms with van der Waals surface area (Å²) >= 11 is 0. The Labute approximate surface area is 135 Å². The van der Waals surface area contributed by atoms with Crippen LogP contribution in [-0.2, 0) is 17.9 Å². The van der Waals surface area contributed by atoms with Gasteiger partial charge in [-0.25, -0.2) is 0 Å². The van der Waals surface area contributed by atoms with Crippen molar-refractivity contribution in [2.24, 2.45) is 5.92 Å². The van der Waals surface area contributed by atoms with Gasteiger partial charge in [-0.2, -0.15) is 0 Å². The molecular formula is C17H23N3O3. The number of aromatic nitrogens is 1. The van der Waals surface area contributed by atoms with Gasteiger partial charge in [-0.3, -0.25) is 9.69 Å². The molecule has 1 aliphatic rings. The lowest BCUT2D eigenvalue weighted by Gasteiger charge is -2.31. The van der Waals surface area contributed by atoms with Crippen molar-refractivity contribution in [2.75, 3.05) is 13.1 Å². The topological polar surface area (TPSA) is 71.5 Å². The van der Waals surface area contributed by atoms with Crippen LogP contribution in [0.4, 0.5) is 0 Å². The first-order valence-corrected chi connectivity index (χ1v) is 8.07. The molecule has 1 unspecified atom stereocenters. The van der Waals surface area contributed by atoms with Gasteiger partial charge in [0.2, 0.25) is 5.91 Å². The fourth-order valence-electron chi connectivity index (χ4n) is 3.11. The summed E-state index contributed by atoms with van der Waals surface area (Å²) in [7, 11) is 0. The highest BCUT2D eigenvalue weighted by atomic mass is 16.5. The van der Waals surface area contributed by atoms with Gasteiger partial charge < -0.3 is 14.3 Å². The lowest BCUT2D eigenvalue weighted by atomic mass is 9.97. The summed E-state index contributed by atoms with van der Waals surface area (Å²) < 4.78 is 10.5. The van der Waals surface area contributed by atoms with Crippen LogP contribution in [0.3, 0.4) is 0 Å². The zero-order valence-electron chi connectivity index (χ0n) is 13.7. The van der Waals surface area contributed by atoms with Crippen molar-refractivity contribution < 1.29 is 13.7 Å². The highest BCUT2D eigenvalue weighted by Crippen LogP contribution is 2.19. The van der Waals surface area contributed by atoms with Crippen molar-refractivity contribution in [3.05, 3.63) is 41.2 Å². The van der Waals surface area contributed by atoms with Gasteiger partial charge in [-0.1, -0.05) is 5.16 Å². The minimum absolute atomic E-state index is 0.0270. The second kappa shape index (κ2) is 7.00. The van der Waals surface area contributed by atoms with Crippen molar-refractivity contribution in [1.82, 2.24) is 15.4 Å². The Morgan fingerprint density at radius 2 is 2.35 bits per heavy atom. The minimum Gasteiger partial charge on any atom is -0.468 e. The summed E-state index contributed by atoms with van der Waals surface area (Å²) in [5.41, 5.74) is 1.81. The SMILES string of the molecule is Cc1noc(C)c1CNC(=O)C1CCCN(Cc2ccco2)C1. The van der Waals surface area contributed by atoms with E-state index in [4.69, 9.17) is 8.94 Å². The Kier molecular flexibility index (Phi) is 4.81. The van der Waals surface area contributed by atoms with E-state index in [9.17, 15) is 4.79 Å². The first-order valence-electron chi connectivity index (χ1n) is 8.07. The first-order chi connectivity index (χ1) is 11.1. The summed E-state index contributed by atoms with van der Waals surface area (Å²) in [5, 5.41) is 6.94. The molecule has 0 aromatic carbocycles. The van der Waals surface area contributed by atoms with Crippen LogP contribution >= 0.6 is 0 Å². The third-order valence-corrected chi connectivity index (χ3v) is 4.46. The Morgan fingerprint density at radius 3 is 3.04 bits per heavy atom. The molecule has 3 rings (SSSR count). The molecule has 6 heteroatoms. The second-order valence-electron chi connectivity index (χ2n) is 6.17. The second-order valence-corrected chi connectivity index (χ2v) is 6.17. The van der Waals surface area contributed by atoms with Gasteiger partial charge in [0.05, 0.1) is 24.4 Å². The van der Waals surface area contributed by atoms with Gasteiger partial charge in [-0.05, 0) is 45.4 Å². The van der Waals surface area contributed by atoms with Crippen LogP contribution in [0.25, 0.3) is 0 Å². The highest BCUT2D eigenvalue weighted by molar-refractivity contribution is 5.79. The van der Waals surface area contributed by atoms with Crippen molar-refractivity contribution in [2.45, 2.75) is 39.8 Å². The van der Waals surface area contributed by atoms with Crippen molar-refractivity contribution in [3.63, 3.8) is 0 Å². The standard InChI is InChI=1S/C17H23N3O3/c1-12-16(13(2)23-19-12)9-18-17(21)14-5-3-7-20(10-14)11-15-6-4-8-22-15/h4,6,8,14H,3,5,7,9-11H2,1-2H3,(H,18,21). The number of piperidine rings is 1. The quantitative estimate of drug-likeness (QED) is 0.917. The largest absolute Gasteiger partial charge is 0.468 e. The van der Waals surface area contributed by atoms with E-state index in [-0.39, 0.29) is 11.8 Å². The number of amides is 1. The van der Waals surface area contributed by atoms with Gasteiger partial charge in [0.25, 0.3) is 0 Å². The summed E-state index contributed by atoms with van der Waals surface area (Å²) in [4.78, 5) is 14.7. The molecule has 2 aromatic heterocycles. The van der Waals surface area contributed by atoms with E-state index in [0.717, 1.165) is 55.3 Å². The fourth-order valence-corrected chi connectivity index (χ4v) is 3.11. The number of carbonyl (C=O) groups excluding carboxylic acids is 1. The van der Waals surface area contributed by atoms with Crippen LogP contribution < -0.4 is 5.32 Å².